The van der Waals surface area contributed by atoms with Crippen LogP contribution >= 0.6 is 11.3 Å². The lowest BCUT2D eigenvalue weighted by molar-refractivity contribution is -0.121. The number of nitrogens with zero attached hydrogens (tertiary/aromatic N) is 1. The van der Waals surface area contributed by atoms with Gasteiger partial charge in [0.2, 0.25) is 12.7 Å². The summed E-state index contributed by atoms with van der Waals surface area (Å²) in [7, 11) is 0. The summed E-state index contributed by atoms with van der Waals surface area (Å²) in [5, 5.41) is 2.07. The molecule has 0 aliphatic carbocycles. The molecule has 0 amide bonds. The van der Waals surface area contributed by atoms with Crippen LogP contribution in [-0.4, -0.2) is 19.2 Å². The molecule has 0 spiro atoms. The number of thiophene rings is 1. The molecular formula is C18H17NO4S. The molecule has 0 atom stereocenters. The molecule has 3 rings (SSSR count). The number of carbonyl (C=O) groups excluding carboxylic acids is 1. The van der Waals surface area contributed by atoms with Crippen LogP contribution in [-0.2, 0) is 16.0 Å². The normalized spacial score (nSPS) is 13.9. The Bertz CT molecular complexity index is 765. The van der Waals surface area contributed by atoms with Crippen LogP contribution in [0, 0.1) is 0 Å². The fraction of sp³-hybridized carbons (Fsp3) is 0.222. The van der Waals surface area contributed by atoms with Gasteiger partial charge in [-0.1, -0.05) is 12.1 Å². The maximum Gasteiger partial charge on any atom is 0.299 e. The van der Waals surface area contributed by atoms with Crippen LogP contribution in [0.1, 0.15) is 23.8 Å². The van der Waals surface area contributed by atoms with Crippen molar-refractivity contribution in [3.05, 3.63) is 57.9 Å². The maximum atomic E-state index is 10.8. The highest BCUT2D eigenvalue weighted by atomic mass is 32.1. The highest BCUT2D eigenvalue weighted by molar-refractivity contribution is 7.09. The SMILES string of the molecule is C/C(=C\CCc1cccs1)N=C(OC=O)c1ccc2c(c1)OCO2. The second-order valence-corrected chi connectivity index (χ2v) is 6.19. The zero-order valence-electron chi connectivity index (χ0n) is 13.2. The standard InChI is InChI=1S/C18H17NO4S/c1-13(4-2-5-15-6-3-9-24-15)19-18(21-11-20)14-7-8-16-17(10-14)23-12-22-16/h3-4,6-11H,2,5,12H2,1H3/b13-4+,19-18?. The van der Waals surface area contributed by atoms with Gasteiger partial charge in [-0.05, 0) is 49.4 Å². The third kappa shape index (κ3) is 4.02. The van der Waals surface area contributed by atoms with Gasteiger partial charge in [0.15, 0.2) is 11.5 Å². The molecule has 0 radical (unpaired) electrons. The topological polar surface area (TPSA) is 57.1 Å². The van der Waals surface area contributed by atoms with Crippen molar-refractivity contribution in [2.24, 2.45) is 4.99 Å². The Morgan fingerprint density at radius 1 is 1.33 bits per heavy atom. The van der Waals surface area contributed by atoms with Gasteiger partial charge in [0.1, 0.15) is 0 Å². The quantitative estimate of drug-likeness (QED) is 0.453. The van der Waals surface area contributed by atoms with Crippen molar-refractivity contribution in [2.45, 2.75) is 19.8 Å². The fourth-order valence-electron chi connectivity index (χ4n) is 2.32. The molecular weight excluding hydrogens is 326 g/mol. The van der Waals surface area contributed by atoms with Gasteiger partial charge < -0.3 is 14.2 Å². The molecule has 24 heavy (non-hydrogen) atoms. The second kappa shape index (κ2) is 7.79. The van der Waals surface area contributed by atoms with Gasteiger partial charge in [-0.2, -0.15) is 0 Å². The molecule has 1 aliphatic heterocycles. The van der Waals surface area contributed by atoms with E-state index in [4.69, 9.17) is 14.2 Å². The molecule has 1 aromatic heterocycles. The average Bonchev–Trinajstić information content (AvgIpc) is 3.25. The van der Waals surface area contributed by atoms with Crippen LogP contribution in [0.4, 0.5) is 0 Å². The van der Waals surface area contributed by atoms with Crippen molar-refractivity contribution >= 4 is 23.7 Å². The monoisotopic (exact) mass is 343 g/mol. The van der Waals surface area contributed by atoms with Crippen molar-refractivity contribution in [1.82, 2.24) is 0 Å². The molecule has 0 saturated heterocycles. The van der Waals surface area contributed by atoms with E-state index < -0.39 is 0 Å². The summed E-state index contributed by atoms with van der Waals surface area (Å²) in [6.07, 6.45) is 3.88. The summed E-state index contributed by atoms with van der Waals surface area (Å²) < 4.78 is 15.7. The Morgan fingerprint density at radius 2 is 2.21 bits per heavy atom. The van der Waals surface area contributed by atoms with Gasteiger partial charge in [0.05, 0.1) is 0 Å². The van der Waals surface area contributed by atoms with Crippen LogP contribution in [0.25, 0.3) is 0 Å². The summed E-state index contributed by atoms with van der Waals surface area (Å²) in [6.45, 7) is 2.46. The van der Waals surface area contributed by atoms with Crippen LogP contribution in [0.3, 0.4) is 0 Å². The summed E-state index contributed by atoms with van der Waals surface area (Å²) in [5.41, 5.74) is 1.46. The van der Waals surface area contributed by atoms with Crippen LogP contribution < -0.4 is 9.47 Å². The smallest absolute Gasteiger partial charge is 0.299 e. The van der Waals surface area contributed by atoms with Crippen LogP contribution in [0.2, 0.25) is 0 Å². The first-order valence-electron chi connectivity index (χ1n) is 7.54. The summed E-state index contributed by atoms with van der Waals surface area (Å²) in [4.78, 5) is 16.5. The van der Waals surface area contributed by atoms with E-state index in [9.17, 15) is 4.79 Å². The molecule has 0 bridgehead atoms. The molecule has 0 unspecified atom stereocenters. The molecule has 124 valence electrons. The molecule has 0 N–H and O–H groups in total. The number of aliphatic imine (C=N–C) groups is 1. The number of rotatable bonds is 6. The number of carbonyl (C=O) groups is 1. The molecule has 2 heterocycles. The van der Waals surface area contributed by atoms with Gasteiger partial charge in [-0.15, -0.1) is 11.3 Å². The minimum atomic E-state index is 0.196. The number of benzene rings is 1. The van der Waals surface area contributed by atoms with E-state index in [0.717, 1.165) is 18.5 Å². The van der Waals surface area contributed by atoms with Gasteiger partial charge in [0.25, 0.3) is 6.47 Å². The van der Waals surface area contributed by atoms with Crippen molar-refractivity contribution < 1.29 is 19.0 Å². The first-order chi connectivity index (χ1) is 11.8. The van der Waals surface area contributed by atoms with Gasteiger partial charge in [-0.3, -0.25) is 4.79 Å². The molecule has 1 aliphatic rings. The van der Waals surface area contributed by atoms with Crippen molar-refractivity contribution in [3.63, 3.8) is 0 Å². The van der Waals surface area contributed by atoms with Crippen LogP contribution in [0.15, 0.2) is 52.5 Å². The van der Waals surface area contributed by atoms with Gasteiger partial charge in [0, 0.05) is 16.1 Å². The Balaban J connectivity index is 1.73. The van der Waals surface area contributed by atoms with E-state index in [1.165, 1.54) is 4.88 Å². The Kier molecular flexibility index (Phi) is 5.28. The minimum Gasteiger partial charge on any atom is -0.454 e. The lowest BCUT2D eigenvalue weighted by Crippen LogP contribution is -2.06. The molecule has 6 heteroatoms. The Morgan fingerprint density at radius 3 is 3.00 bits per heavy atom. The fourth-order valence-corrected chi connectivity index (χ4v) is 3.04. The molecule has 1 aromatic carbocycles. The number of hydrogen-bond acceptors (Lipinski definition) is 6. The molecule has 0 fully saturated rings. The van der Waals surface area contributed by atoms with E-state index >= 15 is 0 Å². The Labute approximate surface area is 144 Å². The lowest BCUT2D eigenvalue weighted by Gasteiger charge is -2.05. The highest BCUT2D eigenvalue weighted by Gasteiger charge is 2.16. The third-order valence-corrected chi connectivity index (χ3v) is 4.40. The maximum absolute atomic E-state index is 10.8. The zero-order chi connectivity index (χ0) is 16.8. The predicted molar refractivity (Wildman–Crippen MR) is 92.6 cm³/mol. The average molecular weight is 343 g/mol. The van der Waals surface area contributed by atoms with Crippen molar-refractivity contribution in [1.29, 1.82) is 0 Å². The predicted octanol–water partition coefficient (Wildman–Crippen LogP) is 3.93. The first-order valence-corrected chi connectivity index (χ1v) is 8.42. The lowest BCUT2D eigenvalue weighted by atomic mass is 10.2. The Hall–Kier alpha value is -2.60. The summed E-state index contributed by atoms with van der Waals surface area (Å²) in [6, 6.07) is 9.48. The van der Waals surface area contributed by atoms with Gasteiger partial charge >= 0.3 is 0 Å². The number of hydrogen-bond donors (Lipinski definition) is 0. The highest BCUT2D eigenvalue weighted by Crippen LogP contribution is 2.32. The van der Waals surface area contributed by atoms with E-state index in [2.05, 4.69) is 16.4 Å². The van der Waals surface area contributed by atoms with E-state index in [1.54, 1.807) is 29.5 Å². The number of aryl methyl sites for hydroxylation is 1. The van der Waals surface area contributed by atoms with Crippen LogP contribution in [0.5, 0.6) is 11.5 Å². The number of allylic oxidation sites excluding steroid dienone is 2. The van der Waals surface area contributed by atoms with Gasteiger partial charge in [-0.25, -0.2) is 4.99 Å². The number of ether oxygens (including phenoxy) is 3. The van der Waals surface area contributed by atoms with Crippen molar-refractivity contribution in [2.75, 3.05) is 6.79 Å². The molecule has 2 aromatic rings. The van der Waals surface area contributed by atoms with Crippen molar-refractivity contribution in [3.8, 4) is 11.5 Å². The number of fused-ring (bicyclic) bond motifs is 1. The largest absolute Gasteiger partial charge is 0.454 e. The van der Waals surface area contributed by atoms with E-state index in [1.807, 2.05) is 19.1 Å². The second-order valence-electron chi connectivity index (χ2n) is 5.16. The minimum absolute atomic E-state index is 0.196. The molecule has 0 saturated carbocycles. The third-order valence-electron chi connectivity index (χ3n) is 3.47. The van der Waals surface area contributed by atoms with E-state index in [-0.39, 0.29) is 12.7 Å². The summed E-state index contributed by atoms with van der Waals surface area (Å²) in [5.74, 6) is 1.54. The molecule has 5 nitrogen and oxygen atoms in total. The first kappa shape index (κ1) is 16.3. The zero-order valence-corrected chi connectivity index (χ0v) is 14.0. The van der Waals surface area contributed by atoms with E-state index in [0.29, 0.717) is 23.5 Å². The summed E-state index contributed by atoms with van der Waals surface area (Å²) >= 11 is 1.74.